The number of aryl methyl sites for hydroxylation is 1. The minimum Gasteiger partial charge on any atom is -0.205 e. The summed E-state index contributed by atoms with van der Waals surface area (Å²) in [6, 6.07) is 13.1. The van der Waals surface area contributed by atoms with Gasteiger partial charge in [0.2, 0.25) is 0 Å². The first-order chi connectivity index (χ1) is 13.6. The molecule has 0 radical (unpaired) electrons. The highest BCUT2D eigenvalue weighted by atomic mass is 35.5. The van der Waals surface area contributed by atoms with Crippen LogP contribution in [0.3, 0.4) is 0 Å². The Hall–Kier alpha value is -1.78. The van der Waals surface area contributed by atoms with Crippen LogP contribution in [0.15, 0.2) is 42.5 Å². The van der Waals surface area contributed by atoms with Crippen molar-refractivity contribution in [2.24, 2.45) is 11.8 Å². The van der Waals surface area contributed by atoms with E-state index < -0.39 is 5.82 Å². The van der Waals surface area contributed by atoms with Gasteiger partial charge in [-0.1, -0.05) is 87.4 Å². The van der Waals surface area contributed by atoms with Crippen molar-refractivity contribution in [3.8, 4) is 11.8 Å². The van der Waals surface area contributed by atoms with Crippen molar-refractivity contribution >= 4 is 11.6 Å². The fourth-order valence-corrected chi connectivity index (χ4v) is 4.26. The summed E-state index contributed by atoms with van der Waals surface area (Å²) in [5.74, 6) is 7.57. The lowest BCUT2D eigenvalue weighted by Gasteiger charge is -2.28. The Labute approximate surface area is 174 Å². The van der Waals surface area contributed by atoms with E-state index in [0.717, 1.165) is 23.8 Å². The molecule has 28 heavy (non-hydrogen) atoms. The quantitative estimate of drug-likeness (QED) is 0.436. The molecule has 1 aliphatic carbocycles. The summed E-state index contributed by atoms with van der Waals surface area (Å²) in [6.45, 7) is 2.29. The summed E-state index contributed by atoms with van der Waals surface area (Å²) in [5.41, 5.74) is 2.98. The fourth-order valence-electron chi connectivity index (χ4n) is 4.15. The van der Waals surface area contributed by atoms with Crippen LogP contribution in [0.1, 0.15) is 75.0 Å². The molecule has 0 N–H and O–H groups in total. The van der Waals surface area contributed by atoms with Crippen LogP contribution >= 0.6 is 11.6 Å². The lowest BCUT2D eigenvalue weighted by Crippen LogP contribution is -2.15. The number of unbranched alkanes of at least 4 members (excludes halogenated alkanes) is 1. The van der Waals surface area contributed by atoms with Crippen molar-refractivity contribution in [3.05, 3.63) is 70.0 Å². The van der Waals surface area contributed by atoms with Gasteiger partial charge in [-0.15, -0.1) is 0 Å². The zero-order chi connectivity index (χ0) is 19.8. The zero-order valence-corrected chi connectivity index (χ0v) is 17.6. The molecule has 0 amide bonds. The largest absolute Gasteiger partial charge is 0.205 e. The second kappa shape index (κ2) is 10.7. The molecule has 2 aromatic carbocycles. The highest BCUT2D eigenvalue weighted by molar-refractivity contribution is 6.30. The molecule has 3 rings (SSSR count). The second-order valence-corrected chi connectivity index (χ2v) is 8.55. The molecule has 148 valence electrons. The summed E-state index contributed by atoms with van der Waals surface area (Å²) in [5, 5.41) is 0.129. The van der Waals surface area contributed by atoms with Crippen molar-refractivity contribution in [2.75, 3.05) is 0 Å². The van der Waals surface area contributed by atoms with E-state index in [1.807, 2.05) is 0 Å². The van der Waals surface area contributed by atoms with Gasteiger partial charge < -0.3 is 0 Å². The number of benzene rings is 2. The Kier molecular flexibility index (Phi) is 7.99. The number of hydrogen-bond acceptors (Lipinski definition) is 0. The molecular weight excluding hydrogens is 367 g/mol. The summed E-state index contributed by atoms with van der Waals surface area (Å²) >= 11 is 5.70. The van der Waals surface area contributed by atoms with Crippen LogP contribution in [0, 0.1) is 29.5 Å². The van der Waals surface area contributed by atoms with Crippen molar-refractivity contribution in [1.29, 1.82) is 0 Å². The molecule has 2 heteroatoms. The van der Waals surface area contributed by atoms with Crippen LogP contribution in [-0.4, -0.2) is 0 Å². The first-order valence-electron chi connectivity index (χ1n) is 10.7. The van der Waals surface area contributed by atoms with Crippen molar-refractivity contribution in [2.45, 2.75) is 64.7 Å². The van der Waals surface area contributed by atoms with Crippen LogP contribution in [0.4, 0.5) is 4.39 Å². The number of hydrogen-bond donors (Lipinski definition) is 0. The lowest BCUT2D eigenvalue weighted by atomic mass is 9.78. The molecule has 0 saturated heterocycles. The van der Waals surface area contributed by atoms with Gasteiger partial charge in [-0.3, -0.25) is 0 Å². The maximum absolute atomic E-state index is 13.5. The zero-order valence-electron chi connectivity index (χ0n) is 16.8. The maximum Gasteiger partial charge on any atom is 0.143 e. The van der Waals surface area contributed by atoms with Crippen LogP contribution in [0.2, 0.25) is 5.02 Å². The van der Waals surface area contributed by atoms with E-state index in [1.54, 1.807) is 12.1 Å². The van der Waals surface area contributed by atoms with Crippen molar-refractivity contribution in [3.63, 3.8) is 0 Å². The van der Waals surface area contributed by atoms with E-state index >= 15 is 0 Å². The van der Waals surface area contributed by atoms with Crippen molar-refractivity contribution in [1.82, 2.24) is 0 Å². The first-order valence-corrected chi connectivity index (χ1v) is 11.1. The Morgan fingerprint density at radius 3 is 2.14 bits per heavy atom. The number of halogens is 2. The van der Waals surface area contributed by atoms with E-state index in [0.29, 0.717) is 5.56 Å². The molecule has 0 unspecified atom stereocenters. The molecule has 0 atom stereocenters. The highest BCUT2D eigenvalue weighted by Crippen LogP contribution is 2.34. The minimum absolute atomic E-state index is 0.129. The molecule has 0 aromatic heterocycles. The van der Waals surface area contributed by atoms with E-state index in [-0.39, 0.29) is 5.02 Å². The molecule has 0 aliphatic heterocycles. The second-order valence-electron chi connectivity index (χ2n) is 8.14. The van der Waals surface area contributed by atoms with E-state index in [9.17, 15) is 4.39 Å². The molecule has 2 aromatic rings. The first kappa shape index (κ1) is 20.9. The summed E-state index contributed by atoms with van der Waals surface area (Å²) in [4.78, 5) is 0. The summed E-state index contributed by atoms with van der Waals surface area (Å²) < 4.78 is 13.5. The maximum atomic E-state index is 13.5. The Morgan fingerprint density at radius 1 is 0.893 bits per heavy atom. The Balaban J connectivity index is 1.46. The summed E-state index contributed by atoms with van der Waals surface area (Å²) in [7, 11) is 0. The van der Waals surface area contributed by atoms with Crippen LogP contribution < -0.4 is 0 Å². The lowest BCUT2D eigenvalue weighted by molar-refractivity contribution is 0.250. The van der Waals surface area contributed by atoms with Gasteiger partial charge in [0.15, 0.2) is 0 Å². The molecule has 0 heterocycles. The van der Waals surface area contributed by atoms with Gasteiger partial charge in [-0.2, -0.15) is 0 Å². The normalized spacial score (nSPS) is 19.1. The third kappa shape index (κ3) is 6.39. The van der Waals surface area contributed by atoms with Gasteiger partial charge in [-0.05, 0) is 60.6 Å². The third-order valence-corrected chi connectivity index (χ3v) is 6.30. The average Bonchev–Trinajstić information content (AvgIpc) is 2.73. The molecule has 0 spiro atoms. The molecule has 0 bridgehead atoms. The van der Waals surface area contributed by atoms with Gasteiger partial charge in [0.1, 0.15) is 5.82 Å². The monoisotopic (exact) mass is 396 g/mol. The topological polar surface area (TPSA) is 0 Å². The third-order valence-electron chi connectivity index (χ3n) is 6.00. The van der Waals surface area contributed by atoms with Gasteiger partial charge in [0, 0.05) is 11.1 Å². The van der Waals surface area contributed by atoms with E-state index in [2.05, 4.69) is 43.0 Å². The van der Waals surface area contributed by atoms with E-state index in [1.165, 1.54) is 63.0 Å². The van der Waals surface area contributed by atoms with E-state index in [4.69, 9.17) is 11.6 Å². The van der Waals surface area contributed by atoms with Gasteiger partial charge in [-0.25, -0.2) is 4.39 Å². The van der Waals surface area contributed by atoms with Crippen molar-refractivity contribution < 1.29 is 4.39 Å². The molecule has 1 fully saturated rings. The fraction of sp³-hybridized carbons (Fsp3) is 0.462. The van der Waals surface area contributed by atoms with Crippen LogP contribution in [0.25, 0.3) is 0 Å². The smallest absolute Gasteiger partial charge is 0.143 e. The Bertz CT molecular complexity index is 805. The van der Waals surface area contributed by atoms with Crippen LogP contribution in [0.5, 0.6) is 0 Å². The predicted molar refractivity (Wildman–Crippen MR) is 117 cm³/mol. The predicted octanol–water partition coefficient (Wildman–Crippen LogP) is 7.81. The van der Waals surface area contributed by atoms with Gasteiger partial charge >= 0.3 is 0 Å². The highest BCUT2D eigenvalue weighted by Gasteiger charge is 2.20. The molecule has 1 saturated carbocycles. The van der Waals surface area contributed by atoms with Gasteiger partial charge in [0.05, 0.1) is 5.02 Å². The average molecular weight is 397 g/mol. The SMILES string of the molecule is CCCCC1CCC(CCc2ccc(C#Cc3ccc(Cl)c(F)c3)cc2)CC1. The standard InChI is InChI=1S/C26H30ClF/c1-2-3-4-20-5-7-21(8-6-20)9-10-22-11-13-23(14-12-22)15-16-24-17-18-25(27)26(28)19-24/h11-14,17-21H,2-10H2,1H3. The molecular formula is C26H30ClF. The molecule has 0 nitrogen and oxygen atoms in total. The molecule has 1 aliphatic rings. The minimum atomic E-state index is -0.428. The number of rotatable bonds is 6. The summed E-state index contributed by atoms with van der Waals surface area (Å²) in [6.07, 6.45) is 12.3. The van der Waals surface area contributed by atoms with Gasteiger partial charge in [0.25, 0.3) is 0 Å². The van der Waals surface area contributed by atoms with Crippen LogP contribution in [-0.2, 0) is 6.42 Å². The Morgan fingerprint density at radius 2 is 1.50 bits per heavy atom.